The summed E-state index contributed by atoms with van der Waals surface area (Å²) >= 11 is 5.80. The summed E-state index contributed by atoms with van der Waals surface area (Å²) in [7, 11) is 0. The van der Waals surface area contributed by atoms with Gasteiger partial charge in [-0.15, -0.1) is 0 Å². The number of aryl methyl sites for hydroxylation is 1. The van der Waals surface area contributed by atoms with E-state index in [1.54, 1.807) is 6.26 Å². The van der Waals surface area contributed by atoms with E-state index in [0.29, 0.717) is 0 Å². The monoisotopic (exact) mass is 357 g/mol. The van der Waals surface area contributed by atoms with Gasteiger partial charge >= 0.3 is 0 Å². The summed E-state index contributed by atoms with van der Waals surface area (Å²) in [4.78, 5) is 3.02. The third kappa shape index (κ3) is 3.39. The third-order valence-corrected chi connectivity index (χ3v) is 4.90. The van der Waals surface area contributed by atoms with E-state index in [9.17, 15) is 0 Å². The zero-order chi connectivity index (χ0) is 17.9. The fourth-order valence-electron chi connectivity index (χ4n) is 3.07. The van der Waals surface area contributed by atoms with Crippen molar-refractivity contribution in [2.75, 3.05) is 0 Å². The Kier molecular flexibility index (Phi) is 4.55. The largest absolute Gasteiger partial charge is 0.465 e. The molecule has 0 aliphatic carbocycles. The summed E-state index contributed by atoms with van der Waals surface area (Å²) in [5, 5.41) is 0. The van der Waals surface area contributed by atoms with Crippen LogP contribution >= 0.6 is 12.2 Å². The van der Waals surface area contributed by atoms with Gasteiger partial charge < -0.3 is 9.32 Å². The van der Waals surface area contributed by atoms with E-state index in [0.717, 1.165) is 34.1 Å². The minimum Gasteiger partial charge on any atom is -0.465 e. The normalized spacial score (nSPS) is 15.6. The highest BCUT2D eigenvalue weighted by atomic mass is 32.1. The lowest BCUT2D eigenvalue weighted by Gasteiger charge is -2.23. The molecule has 0 bridgehead atoms. The van der Waals surface area contributed by atoms with Crippen molar-refractivity contribution in [3.63, 3.8) is 0 Å². The van der Waals surface area contributed by atoms with Crippen LogP contribution in [0.1, 0.15) is 22.5 Å². The molecule has 3 aromatic rings. The fraction of sp³-hybridized carbons (Fsp3) is 0.0870. The quantitative estimate of drug-likeness (QED) is 0.430. The average Bonchev–Trinajstić information content (AvgIpc) is 3.27. The second-order valence-electron chi connectivity index (χ2n) is 6.39. The standard InChI is InChI=1S/C23H19NOS/c1-17-9-11-19(12-10-17)22-15-20(14-21-8-5-13-25-21)23(26)24(22)16-18-6-3-2-4-7-18/h2-15H,16H2,1H3/b20-14+. The number of rotatable bonds is 4. The first kappa shape index (κ1) is 16.6. The lowest BCUT2D eigenvalue weighted by atomic mass is 10.1. The number of furan rings is 1. The van der Waals surface area contributed by atoms with Crippen molar-refractivity contribution in [3.8, 4) is 0 Å². The smallest absolute Gasteiger partial charge is 0.127 e. The molecule has 2 heterocycles. The van der Waals surface area contributed by atoms with Gasteiger partial charge in [0.05, 0.1) is 12.0 Å². The highest BCUT2D eigenvalue weighted by Crippen LogP contribution is 2.33. The fourth-order valence-corrected chi connectivity index (χ4v) is 3.35. The summed E-state index contributed by atoms with van der Waals surface area (Å²) in [6.07, 6.45) is 5.83. The Hall–Kier alpha value is -2.91. The number of hydrogen-bond acceptors (Lipinski definition) is 2. The maximum atomic E-state index is 5.80. The summed E-state index contributed by atoms with van der Waals surface area (Å²) < 4.78 is 5.47. The van der Waals surface area contributed by atoms with Crippen LogP contribution in [0.25, 0.3) is 11.8 Å². The second-order valence-corrected chi connectivity index (χ2v) is 6.77. The van der Waals surface area contributed by atoms with Crippen LogP contribution in [0, 0.1) is 6.92 Å². The van der Waals surface area contributed by atoms with Gasteiger partial charge in [-0.1, -0.05) is 72.4 Å². The van der Waals surface area contributed by atoms with Gasteiger partial charge in [-0.2, -0.15) is 0 Å². The van der Waals surface area contributed by atoms with Crippen LogP contribution in [0.2, 0.25) is 0 Å². The van der Waals surface area contributed by atoms with Crippen molar-refractivity contribution in [3.05, 3.63) is 107 Å². The number of thiocarbonyl (C=S) groups is 1. The minimum absolute atomic E-state index is 0.745. The third-order valence-electron chi connectivity index (χ3n) is 4.45. The van der Waals surface area contributed by atoms with Crippen LogP contribution in [-0.4, -0.2) is 9.89 Å². The maximum absolute atomic E-state index is 5.80. The number of nitrogens with zero attached hydrogens (tertiary/aromatic N) is 1. The summed E-state index contributed by atoms with van der Waals surface area (Å²) in [6, 6.07) is 22.8. The van der Waals surface area contributed by atoms with Crippen molar-refractivity contribution in [1.29, 1.82) is 0 Å². The van der Waals surface area contributed by atoms with Crippen LogP contribution in [0.3, 0.4) is 0 Å². The van der Waals surface area contributed by atoms with Crippen LogP contribution in [0.5, 0.6) is 0 Å². The Morgan fingerprint density at radius 1 is 0.962 bits per heavy atom. The molecule has 2 nitrogen and oxygen atoms in total. The van der Waals surface area contributed by atoms with E-state index < -0.39 is 0 Å². The van der Waals surface area contributed by atoms with Gasteiger partial charge in [-0.25, -0.2) is 0 Å². The molecule has 0 saturated carbocycles. The molecule has 1 aromatic heterocycles. The van der Waals surface area contributed by atoms with Crippen LogP contribution < -0.4 is 0 Å². The molecular formula is C23H19NOS. The first-order valence-electron chi connectivity index (χ1n) is 8.60. The molecule has 0 atom stereocenters. The molecule has 1 aliphatic heterocycles. The molecule has 3 heteroatoms. The van der Waals surface area contributed by atoms with Gasteiger partial charge in [-0.05, 0) is 42.3 Å². The topological polar surface area (TPSA) is 16.4 Å². The molecule has 26 heavy (non-hydrogen) atoms. The highest BCUT2D eigenvalue weighted by molar-refractivity contribution is 7.80. The Bertz CT molecular complexity index is 967. The lowest BCUT2D eigenvalue weighted by molar-refractivity contribution is 0.556. The van der Waals surface area contributed by atoms with Crippen molar-refractivity contribution in [2.24, 2.45) is 0 Å². The van der Waals surface area contributed by atoms with Crippen molar-refractivity contribution in [1.82, 2.24) is 4.90 Å². The van der Waals surface area contributed by atoms with E-state index >= 15 is 0 Å². The van der Waals surface area contributed by atoms with E-state index in [1.807, 2.05) is 24.3 Å². The Balaban J connectivity index is 1.74. The Morgan fingerprint density at radius 3 is 2.42 bits per heavy atom. The van der Waals surface area contributed by atoms with Crippen molar-refractivity contribution >= 4 is 29.0 Å². The molecule has 1 aliphatic rings. The SMILES string of the molecule is Cc1ccc(C2=C/C(=C\c3ccco3)C(=S)N2Cc2ccccc2)cc1. The van der Waals surface area contributed by atoms with Crippen LogP contribution in [-0.2, 0) is 6.54 Å². The molecule has 0 amide bonds. The maximum Gasteiger partial charge on any atom is 0.127 e. The predicted octanol–water partition coefficient (Wildman–Crippen LogP) is 5.86. The van der Waals surface area contributed by atoms with Gasteiger partial charge in [0.1, 0.15) is 10.7 Å². The Morgan fingerprint density at radius 2 is 1.73 bits per heavy atom. The molecule has 4 rings (SSSR count). The summed E-state index contributed by atoms with van der Waals surface area (Å²) in [5.74, 6) is 0.809. The highest BCUT2D eigenvalue weighted by Gasteiger charge is 2.26. The summed E-state index contributed by atoms with van der Waals surface area (Å²) in [5.41, 5.74) is 5.76. The van der Waals surface area contributed by atoms with Crippen molar-refractivity contribution in [2.45, 2.75) is 13.5 Å². The van der Waals surface area contributed by atoms with Crippen LogP contribution in [0.15, 0.2) is 89.1 Å². The molecule has 0 N–H and O–H groups in total. The molecule has 2 aromatic carbocycles. The minimum atomic E-state index is 0.745. The molecule has 128 valence electrons. The molecule has 0 fully saturated rings. The molecule has 0 radical (unpaired) electrons. The van der Waals surface area contributed by atoms with Crippen molar-refractivity contribution < 1.29 is 4.42 Å². The predicted molar refractivity (Wildman–Crippen MR) is 110 cm³/mol. The van der Waals surface area contributed by atoms with E-state index in [1.165, 1.54) is 11.1 Å². The van der Waals surface area contributed by atoms with E-state index in [4.69, 9.17) is 16.6 Å². The van der Waals surface area contributed by atoms with E-state index in [2.05, 4.69) is 66.4 Å². The summed E-state index contributed by atoms with van der Waals surface area (Å²) in [6.45, 7) is 2.84. The first-order chi connectivity index (χ1) is 12.7. The van der Waals surface area contributed by atoms with Crippen LogP contribution in [0.4, 0.5) is 0 Å². The van der Waals surface area contributed by atoms with Gasteiger partial charge in [0.2, 0.25) is 0 Å². The van der Waals surface area contributed by atoms with Gasteiger partial charge in [0.25, 0.3) is 0 Å². The van der Waals surface area contributed by atoms with E-state index in [-0.39, 0.29) is 0 Å². The molecular weight excluding hydrogens is 338 g/mol. The van der Waals surface area contributed by atoms with Gasteiger partial charge in [0.15, 0.2) is 0 Å². The Labute approximate surface area is 159 Å². The number of hydrogen-bond donors (Lipinski definition) is 0. The first-order valence-corrected chi connectivity index (χ1v) is 9.01. The zero-order valence-corrected chi connectivity index (χ0v) is 15.4. The zero-order valence-electron chi connectivity index (χ0n) is 14.6. The molecule has 0 saturated heterocycles. The molecule has 0 spiro atoms. The lowest BCUT2D eigenvalue weighted by Crippen LogP contribution is -2.23. The van der Waals surface area contributed by atoms with Gasteiger partial charge in [0, 0.05) is 12.1 Å². The average molecular weight is 357 g/mol. The molecule has 0 unspecified atom stereocenters. The van der Waals surface area contributed by atoms with Gasteiger partial charge in [-0.3, -0.25) is 0 Å². The second kappa shape index (κ2) is 7.14. The number of benzene rings is 2.